The zero-order valence-corrected chi connectivity index (χ0v) is 17.4. The van der Waals surface area contributed by atoms with E-state index < -0.39 is 0 Å². The van der Waals surface area contributed by atoms with Crippen LogP contribution in [0, 0.1) is 5.92 Å². The number of nitrogens with one attached hydrogen (secondary N) is 1. The first kappa shape index (κ1) is 19.2. The van der Waals surface area contributed by atoms with E-state index in [4.69, 9.17) is 4.74 Å². The van der Waals surface area contributed by atoms with Gasteiger partial charge in [-0.05, 0) is 37.3 Å². The van der Waals surface area contributed by atoms with Crippen LogP contribution in [0.1, 0.15) is 23.9 Å². The average Bonchev–Trinajstić information content (AvgIpc) is 3.09. The Morgan fingerprint density at radius 1 is 1.29 bits per heavy atom. The lowest BCUT2D eigenvalue weighted by atomic mass is 9.93. The van der Waals surface area contributed by atoms with Crippen molar-refractivity contribution >= 4 is 28.1 Å². The number of carbonyl (C=O) groups is 1. The molecule has 2 aliphatic rings. The Morgan fingerprint density at radius 3 is 2.86 bits per heavy atom. The van der Waals surface area contributed by atoms with Crippen LogP contribution in [0.5, 0.6) is 5.75 Å². The van der Waals surface area contributed by atoms with Crippen molar-refractivity contribution in [2.45, 2.75) is 26.2 Å². The van der Waals surface area contributed by atoms with Gasteiger partial charge in [0.05, 0.1) is 25.0 Å². The minimum Gasteiger partial charge on any atom is -0.495 e. The molecule has 4 rings (SSSR count). The minimum absolute atomic E-state index is 0.0323. The number of amides is 1. The summed E-state index contributed by atoms with van der Waals surface area (Å²) < 4.78 is 5.47. The van der Waals surface area contributed by atoms with E-state index >= 15 is 0 Å². The Labute approximate surface area is 170 Å². The Bertz CT molecular complexity index is 830. The molecular formula is C21H28N4O2S. The highest BCUT2D eigenvalue weighted by Gasteiger charge is 2.23. The van der Waals surface area contributed by atoms with Gasteiger partial charge in [-0.3, -0.25) is 9.69 Å². The second kappa shape index (κ2) is 8.49. The highest BCUT2D eigenvalue weighted by Crippen LogP contribution is 2.32. The number of hydrogen-bond donors (Lipinski definition) is 1. The molecule has 1 aliphatic heterocycles. The summed E-state index contributed by atoms with van der Waals surface area (Å²) in [4.78, 5) is 23.0. The van der Waals surface area contributed by atoms with Crippen molar-refractivity contribution in [1.29, 1.82) is 0 Å². The van der Waals surface area contributed by atoms with Crippen LogP contribution in [0.2, 0.25) is 0 Å². The molecule has 0 radical (unpaired) electrons. The van der Waals surface area contributed by atoms with Crippen LogP contribution >= 0.6 is 11.3 Å². The van der Waals surface area contributed by atoms with Crippen LogP contribution in [-0.2, 0) is 17.6 Å². The van der Waals surface area contributed by atoms with Crippen molar-refractivity contribution in [3.05, 3.63) is 34.8 Å². The van der Waals surface area contributed by atoms with Crippen molar-refractivity contribution in [3.63, 3.8) is 0 Å². The van der Waals surface area contributed by atoms with Gasteiger partial charge in [-0.15, -0.1) is 11.3 Å². The Kier molecular flexibility index (Phi) is 5.82. The normalized spacial score (nSPS) is 19.9. The average molecular weight is 401 g/mol. The summed E-state index contributed by atoms with van der Waals surface area (Å²) in [6, 6.07) is 8.10. The molecule has 0 bridgehead atoms. The van der Waals surface area contributed by atoms with E-state index in [0.717, 1.165) is 61.5 Å². The number of ether oxygens (including phenoxy) is 1. The minimum atomic E-state index is 0.0323. The van der Waals surface area contributed by atoms with Crippen molar-refractivity contribution < 1.29 is 9.53 Å². The maximum absolute atomic E-state index is 12.5. The summed E-state index contributed by atoms with van der Waals surface area (Å²) in [5.74, 6) is 1.65. The molecule has 1 saturated heterocycles. The number of rotatable bonds is 5. The first-order chi connectivity index (χ1) is 13.6. The Morgan fingerprint density at radius 2 is 2.07 bits per heavy atom. The summed E-state index contributed by atoms with van der Waals surface area (Å²) >= 11 is 1.65. The van der Waals surface area contributed by atoms with Crippen molar-refractivity contribution in [1.82, 2.24) is 9.88 Å². The zero-order valence-electron chi connectivity index (χ0n) is 16.6. The predicted octanol–water partition coefficient (Wildman–Crippen LogP) is 3.04. The van der Waals surface area contributed by atoms with E-state index in [1.54, 1.807) is 18.4 Å². The number of methoxy groups -OCH3 is 1. The second-order valence-corrected chi connectivity index (χ2v) is 8.80. The number of fused-ring (bicyclic) bond motifs is 1. The molecular weight excluding hydrogens is 372 g/mol. The maximum atomic E-state index is 12.5. The fraction of sp³-hybridized carbons (Fsp3) is 0.524. The molecule has 150 valence electrons. The lowest BCUT2D eigenvalue weighted by Gasteiger charge is -2.36. The predicted molar refractivity (Wildman–Crippen MR) is 114 cm³/mol. The smallest absolute Gasteiger partial charge is 0.240 e. The molecule has 1 amide bonds. The number of aromatic nitrogens is 1. The van der Waals surface area contributed by atoms with Gasteiger partial charge in [0.2, 0.25) is 5.91 Å². The number of thiazole rings is 1. The summed E-state index contributed by atoms with van der Waals surface area (Å²) in [6.07, 6.45) is 3.32. The Hall–Kier alpha value is -2.12. The van der Waals surface area contributed by atoms with E-state index in [1.807, 2.05) is 18.2 Å². The summed E-state index contributed by atoms with van der Waals surface area (Å²) in [7, 11) is 1.70. The van der Waals surface area contributed by atoms with Crippen molar-refractivity contribution in [3.8, 4) is 5.75 Å². The van der Waals surface area contributed by atoms with Gasteiger partial charge in [0.15, 0.2) is 5.13 Å². The monoisotopic (exact) mass is 400 g/mol. The number of para-hydroxylation sites is 2. The molecule has 2 aromatic rings. The molecule has 7 heteroatoms. The molecule has 0 spiro atoms. The fourth-order valence-corrected chi connectivity index (χ4v) is 5.18. The van der Waals surface area contributed by atoms with Gasteiger partial charge < -0.3 is 15.0 Å². The number of hydrogen-bond acceptors (Lipinski definition) is 6. The first-order valence-corrected chi connectivity index (χ1v) is 10.8. The number of aryl methyl sites for hydroxylation is 1. The van der Waals surface area contributed by atoms with Gasteiger partial charge in [0, 0.05) is 31.1 Å². The number of nitrogens with zero attached hydrogens (tertiary/aromatic N) is 3. The quantitative estimate of drug-likeness (QED) is 0.836. The van der Waals surface area contributed by atoms with E-state index in [9.17, 15) is 4.79 Å². The number of anilines is 2. The molecule has 0 saturated carbocycles. The molecule has 1 aliphatic carbocycles. The first-order valence-electron chi connectivity index (χ1n) is 10.0. The standard InChI is InChI=1S/C21H28N4O2S/c1-15-7-8-16-19(13-15)28-21(22-16)23-20(26)14-24-9-11-25(12-10-24)17-5-3-4-6-18(17)27-2/h3-6,15H,7-14H2,1-2H3,(H,22,23,26). The van der Waals surface area contributed by atoms with E-state index in [1.165, 1.54) is 17.0 Å². The second-order valence-electron chi connectivity index (χ2n) is 7.72. The van der Waals surface area contributed by atoms with Crippen molar-refractivity contribution in [2.75, 3.05) is 50.1 Å². The fourth-order valence-electron chi connectivity index (χ4n) is 3.99. The highest BCUT2D eigenvalue weighted by molar-refractivity contribution is 7.15. The molecule has 6 nitrogen and oxygen atoms in total. The Balaban J connectivity index is 1.28. The molecule has 28 heavy (non-hydrogen) atoms. The molecule has 1 aromatic carbocycles. The third kappa shape index (κ3) is 4.31. The number of benzene rings is 1. The lowest BCUT2D eigenvalue weighted by molar-refractivity contribution is -0.117. The molecule has 1 N–H and O–H groups in total. The molecule has 1 aromatic heterocycles. The number of piperazine rings is 1. The third-order valence-corrected chi connectivity index (χ3v) is 6.63. The lowest BCUT2D eigenvalue weighted by Crippen LogP contribution is -2.48. The van der Waals surface area contributed by atoms with Gasteiger partial charge in [-0.25, -0.2) is 4.98 Å². The molecule has 1 atom stereocenters. The molecule has 1 fully saturated rings. The van der Waals surface area contributed by atoms with Gasteiger partial charge in [-0.2, -0.15) is 0 Å². The van der Waals surface area contributed by atoms with E-state index in [0.29, 0.717) is 6.54 Å². The maximum Gasteiger partial charge on any atom is 0.240 e. The largest absolute Gasteiger partial charge is 0.495 e. The van der Waals surface area contributed by atoms with E-state index in [2.05, 4.69) is 33.1 Å². The zero-order chi connectivity index (χ0) is 19.5. The summed E-state index contributed by atoms with van der Waals surface area (Å²) in [6.45, 7) is 6.19. The SMILES string of the molecule is COc1ccccc1N1CCN(CC(=O)Nc2nc3c(s2)CC(C)CC3)CC1. The summed E-state index contributed by atoms with van der Waals surface area (Å²) in [5, 5.41) is 3.78. The third-order valence-electron chi connectivity index (χ3n) is 5.60. The van der Waals surface area contributed by atoms with Crippen LogP contribution in [0.25, 0.3) is 0 Å². The van der Waals surface area contributed by atoms with E-state index in [-0.39, 0.29) is 5.91 Å². The van der Waals surface area contributed by atoms with Gasteiger partial charge in [0.1, 0.15) is 5.75 Å². The van der Waals surface area contributed by atoms with Crippen molar-refractivity contribution in [2.24, 2.45) is 5.92 Å². The summed E-state index contributed by atoms with van der Waals surface area (Å²) in [5.41, 5.74) is 2.31. The van der Waals surface area contributed by atoms with Crippen LogP contribution in [0.3, 0.4) is 0 Å². The molecule has 1 unspecified atom stereocenters. The topological polar surface area (TPSA) is 57.7 Å². The van der Waals surface area contributed by atoms with Crippen LogP contribution in [0.15, 0.2) is 24.3 Å². The van der Waals surface area contributed by atoms with Gasteiger partial charge in [-0.1, -0.05) is 19.1 Å². The van der Waals surface area contributed by atoms with Crippen LogP contribution < -0.4 is 15.0 Å². The molecule has 2 heterocycles. The van der Waals surface area contributed by atoms with Crippen LogP contribution in [-0.4, -0.2) is 55.6 Å². The highest BCUT2D eigenvalue weighted by atomic mass is 32.1. The van der Waals surface area contributed by atoms with Crippen LogP contribution in [0.4, 0.5) is 10.8 Å². The number of carbonyl (C=O) groups excluding carboxylic acids is 1. The van der Waals surface area contributed by atoms with Gasteiger partial charge in [0.25, 0.3) is 0 Å². The van der Waals surface area contributed by atoms with Gasteiger partial charge >= 0.3 is 0 Å².